The van der Waals surface area contributed by atoms with Crippen LogP contribution in [0.1, 0.15) is 33.6 Å². The highest BCUT2D eigenvalue weighted by atomic mass is 16.3. The molecular formula is C12H16O2. The lowest BCUT2D eigenvalue weighted by molar-refractivity contribution is -0.298. The molecule has 0 aromatic rings. The molecule has 0 saturated heterocycles. The van der Waals surface area contributed by atoms with E-state index < -0.39 is 0 Å². The van der Waals surface area contributed by atoms with Crippen LogP contribution in [0.3, 0.4) is 0 Å². The highest BCUT2D eigenvalue weighted by Crippen LogP contribution is 2.30. The van der Waals surface area contributed by atoms with E-state index in [0.717, 1.165) is 12.8 Å². The normalized spacial score (nSPS) is 24.9. The van der Waals surface area contributed by atoms with Crippen molar-refractivity contribution in [2.24, 2.45) is 5.92 Å². The van der Waals surface area contributed by atoms with Gasteiger partial charge in [0.2, 0.25) is 0 Å². The van der Waals surface area contributed by atoms with E-state index in [1.807, 2.05) is 19.4 Å². The topological polar surface area (TPSA) is 40.1 Å². The van der Waals surface area contributed by atoms with Crippen molar-refractivity contribution in [3.8, 4) is 0 Å². The van der Waals surface area contributed by atoms with Gasteiger partial charge in [0.15, 0.2) is 0 Å². The van der Waals surface area contributed by atoms with Crippen molar-refractivity contribution in [2.45, 2.75) is 33.6 Å². The lowest BCUT2D eigenvalue weighted by atomic mass is 9.98. The van der Waals surface area contributed by atoms with Crippen LogP contribution >= 0.6 is 0 Å². The summed E-state index contributed by atoms with van der Waals surface area (Å²) in [5.41, 5.74) is 1.33. The van der Waals surface area contributed by atoms with Crippen LogP contribution in [0.4, 0.5) is 0 Å². The van der Waals surface area contributed by atoms with Gasteiger partial charge in [-0.2, -0.15) is 0 Å². The second-order valence-electron chi connectivity index (χ2n) is 3.71. The molecule has 76 valence electrons. The summed E-state index contributed by atoms with van der Waals surface area (Å²) in [6, 6.07) is 0. The van der Waals surface area contributed by atoms with Crippen LogP contribution in [0.2, 0.25) is 0 Å². The number of carbonyl (C=O) groups excluding carboxylic acids is 1. The summed E-state index contributed by atoms with van der Waals surface area (Å²) in [5, 5.41) is 11.3. The second-order valence-corrected chi connectivity index (χ2v) is 3.71. The van der Waals surface area contributed by atoms with Crippen LogP contribution in [0.5, 0.6) is 0 Å². The molecule has 1 aliphatic rings. The Morgan fingerprint density at radius 1 is 1.57 bits per heavy atom. The van der Waals surface area contributed by atoms with E-state index in [0.29, 0.717) is 11.1 Å². The SMILES string of the molecule is CCC[CH+]C=C1C(=O)C([O-])=C(C)C1C. The van der Waals surface area contributed by atoms with Crippen molar-refractivity contribution in [1.82, 2.24) is 0 Å². The molecule has 1 rings (SSSR count). The predicted molar refractivity (Wildman–Crippen MR) is 54.2 cm³/mol. The molecular weight excluding hydrogens is 176 g/mol. The average Bonchev–Trinajstić information content (AvgIpc) is 2.35. The van der Waals surface area contributed by atoms with Crippen molar-refractivity contribution in [1.29, 1.82) is 0 Å². The largest absolute Gasteiger partial charge is 0.868 e. The van der Waals surface area contributed by atoms with Gasteiger partial charge in [-0.3, -0.25) is 4.79 Å². The smallest absolute Gasteiger partial charge is 0.254 e. The quantitative estimate of drug-likeness (QED) is 0.388. The third kappa shape index (κ3) is 1.84. The van der Waals surface area contributed by atoms with Crippen molar-refractivity contribution >= 4 is 5.78 Å². The van der Waals surface area contributed by atoms with E-state index in [4.69, 9.17) is 0 Å². The Balaban J connectivity index is 2.76. The molecule has 2 heteroatoms. The molecule has 0 fully saturated rings. The van der Waals surface area contributed by atoms with Crippen molar-refractivity contribution in [2.75, 3.05) is 0 Å². The van der Waals surface area contributed by atoms with Crippen LogP contribution in [0.15, 0.2) is 23.0 Å². The first-order valence-electron chi connectivity index (χ1n) is 5.05. The molecule has 0 amide bonds. The third-order valence-electron chi connectivity index (χ3n) is 2.70. The fourth-order valence-corrected chi connectivity index (χ4v) is 1.53. The van der Waals surface area contributed by atoms with E-state index in [1.165, 1.54) is 0 Å². The number of unbranched alkanes of at least 4 members (excludes halogenated alkanes) is 2. The van der Waals surface area contributed by atoms with Gasteiger partial charge in [0.1, 0.15) is 11.6 Å². The number of hydrogen-bond acceptors (Lipinski definition) is 2. The predicted octanol–water partition coefficient (Wildman–Crippen LogP) is 1.77. The van der Waals surface area contributed by atoms with E-state index >= 15 is 0 Å². The zero-order valence-electron chi connectivity index (χ0n) is 8.96. The molecule has 0 radical (unpaired) electrons. The molecule has 0 bridgehead atoms. The molecule has 0 heterocycles. The fourth-order valence-electron chi connectivity index (χ4n) is 1.53. The highest BCUT2D eigenvalue weighted by Gasteiger charge is 2.32. The van der Waals surface area contributed by atoms with Gasteiger partial charge in [0.05, 0.1) is 5.92 Å². The summed E-state index contributed by atoms with van der Waals surface area (Å²) in [6.07, 6.45) is 5.79. The van der Waals surface area contributed by atoms with Crippen LogP contribution in [0, 0.1) is 12.3 Å². The Morgan fingerprint density at radius 2 is 2.21 bits per heavy atom. The lowest BCUT2D eigenvalue weighted by Crippen LogP contribution is -2.12. The van der Waals surface area contributed by atoms with Gasteiger partial charge < -0.3 is 5.11 Å². The molecule has 2 nitrogen and oxygen atoms in total. The zero-order chi connectivity index (χ0) is 10.7. The van der Waals surface area contributed by atoms with Crippen LogP contribution in [0.25, 0.3) is 0 Å². The first kappa shape index (κ1) is 10.9. The van der Waals surface area contributed by atoms with Gasteiger partial charge in [0.25, 0.3) is 5.78 Å². The van der Waals surface area contributed by atoms with Crippen LogP contribution in [-0.2, 0) is 4.79 Å². The molecule has 1 atom stereocenters. The van der Waals surface area contributed by atoms with E-state index in [9.17, 15) is 9.90 Å². The molecule has 0 aromatic heterocycles. The first-order chi connectivity index (χ1) is 6.59. The minimum Gasteiger partial charge on any atom is -0.868 e. The molecule has 0 aromatic carbocycles. The number of ketones is 1. The fraction of sp³-hybridized carbons (Fsp3) is 0.500. The Kier molecular flexibility index (Phi) is 3.39. The maximum atomic E-state index is 11.5. The van der Waals surface area contributed by atoms with Crippen LogP contribution < -0.4 is 5.11 Å². The average molecular weight is 192 g/mol. The number of allylic oxidation sites excluding steroid dienone is 3. The van der Waals surface area contributed by atoms with Gasteiger partial charge in [-0.1, -0.05) is 6.92 Å². The van der Waals surface area contributed by atoms with Gasteiger partial charge in [-0.25, -0.2) is 0 Å². The number of Topliss-reactive ketones (excluding diaryl/α,β-unsaturated/α-hetero) is 1. The van der Waals surface area contributed by atoms with Crippen LogP contribution in [-0.4, -0.2) is 5.78 Å². The first-order valence-corrected chi connectivity index (χ1v) is 5.05. The molecule has 1 unspecified atom stereocenters. The Morgan fingerprint density at radius 3 is 2.64 bits per heavy atom. The maximum Gasteiger partial charge on any atom is 0.254 e. The summed E-state index contributed by atoms with van der Waals surface area (Å²) >= 11 is 0. The van der Waals surface area contributed by atoms with Crippen molar-refractivity contribution in [3.05, 3.63) is 29.4 Å². The molecule has 0 saturated carbocycles. The van der Waals surface area contributed by atoms with Crippen molar-refractivity contribution < 1.29 is 9.90 Å². The summed E-state index contributed by atoms with van der Waals surface area (Å²) in [6.45, 7) is 5.73. The summed E-state index contributed by atoms with van der Waals surface area (Å²) in [7, 11) is 0. The zero-order valence-corrected chi connectivity index (χ0v) is 8.96. The molecule has 0 spiro atoms. The number of carbonyl (C=O) groups is 1. The monoisotopic (exact) mass is 192 g/mol. The summed E-state index contributed by atoms with van der Waals surface area (Å²) in [4.78, 5) is 11.5. The molecule has 14 heavy (non-hydrogen) atoms. The van der Waals surface area contributed by atoms with Gasteiger partial charge in [-0.15, -0.1) is 0 Å². The van der Waals surface area contributed by atoms with Gasteiger partial charge >= 0.3 is 0 Å². The molecule has 0 aliphatic heterocycles. The van der Waals surface area contributed by atoms with Gasteiger partial charge in [-0.05, 0) is 31.6 Å². The van der Waals surface area contributed by atoms with E-state index in [2.05, 4.69) is 6.92 Å². The second kappa shape index (κ2) is 4.36. The van der Waals surface area contributed by atoms with Gasteiger partial charge in [0, 0.05) is 12.8 Å². The Bertz CT molecular complexity index is 297. The minimum absolute atomic E-state index is 0.00288. The molecule has 1 aliphatic carbocycles. The van der Waals surface area contributed by atoms with E-state index in [1.54, 1.807) is 6.92 Å². The maximum absolute atomic E-state index is 11.5. The minimum atomic E-state index is -0.317. The summed E-state index contributed by atoms with van der Waals surface area (Å²) in [5.74, 6) is -0.626. The Hall–Kier alpha value is -1.18. The van der Waals surface area contributed by atoms with E-state index in [-0.39, 0.29) is 17.5 Å². The number of rotatable bonds is 3. The third-order valence-corrected chi connectivity index (χ3v) is 2.70. The Labute approximate surface area is 85.3 Å². The highest BCUT2D eigenvalue weighted by molar-refractivity contribution is 6.10. The summed E-state index contributed by atoms with van der Waals surface area (Å²) < 4.78 is 0. The van der Waals surface area contributed by atoms with Crippen molar-refractivity contribution in [3.63, 3.8) is 0 Å². The lowest BCUT2D eigenvalue weighted by Gasteiger charge is -2.02. The molecule has 0 N–H and O–H groups in total. The number of hydrogen-bond donors (Lipinski definition) is 0. The standard InChI is InChI=1S/C12H16O2/c1-4-5-6-7-10-8(2)9(3)11(13)12(10)14/h6-8H,4-5H2,1-3H3.